The molecule has 0 aliphatic heterocycles. The van der Waals surface area contributed by atoms with E-state index in [1.165, 1.54) is 18.1 Å². The van der Waals surface area contributed by atoms with Gasteiger partial charge in [-0.05, 0) is 42.0 Å². The molecule has 0 fully saturated rings. The second-order valence-corrected chi connectivity index (χ2v) is 6.91. The molecule has 0 unspecified atom stereocenters. The Morgan fingerprint density at radius 2 is 1.54 bits per heavy atom. The highest BCUT2D eigenvalue weighted by Gasteiger charge is 2.09. The van der Waals surface area contributed by atoms with E-state index in [1.807, 2.05) is 48.5 Å². The quantitative estimate of drug-likeness (QED) is 0.604. The number of hydrogen-bond donors (Lipinski definition) is 2. The standard InChI is InChI=1S/C17H14Cl2N4S/c18-12-3-1-11(2-4-12)9-21-16-15(20)17(23-10-22-16)24-14-7-5-13(19)6-8-14/h1-8,10H,9,20H2,(H,21,22,23). The third kappa shape index (κ3) is 4.32. The van der Waals surface area contributed by atoms with Gasteiger partial charge in [-0.25, -0.2) is 9.97 Å². The summed E-state index contributed by atoms with van der Waals surface area (Å²) in [7, 11) is 0. The molecular formula is C17H14Cl2N4S. The number of nitrogens with one attached hydrogen (secondary N) is 1. The molecule has 2 aromatic carbocycles. The van der Waals surface area contributed by atoms with Crippen molar-refractivity contribution >= 4 is 46.5 Å². The Morgan fingerprint density at radius 1 is 0.917 bits per heavy atom. The van der Waals surface area contributed by atoms with Gasteiger partial charge in [-0.2, -0.15) is 0 Å². The van der Waals surface area contributed by atoms with Gasteiger partial charge in [0.25, 0.3) is 0 Å². The Balaban J connectivity index is 1.72. The third-order valence-electron chi connectivity index (χ3n) is 3.25. The Labute approximate surface area is 154 Å². The summed E-state index contributed by atoms with van der Waals surface area (Å²) in [4.78, 5) is 9.49. The largest absolute Gasteiger partial charge is 0.394 e. The van der Waals surface area contributed by atoms with Crippen LogP contribution in [0.3, 0.4) is 0 Å². The lowest BCUT2D eigenvalue weighted by Crippen LogP contribution is -2.06. The van der Waals surface area contributed by atoms with Gasteiger partial charge in [-0.15, -0.1) is 0 Å². The summed E-state index contributed by atoms with van der Waals surface area (Å²) < 4.78 is 0. The monoisotopic (exact) mass is 376 g/mol. The third-order valence-corrected chi connectivity index (χ3v) is 4.78. The Morgan fingerprint density at radius 3 is 2.21 bits per heavy atom. The second-order valence-electron chi connectivity index (χ2n) is 4.98. The first kappa shape index (κ1) is 16.9. The average Bonchev–Trinajstić information content (AvgIpc) is 2.59. The fraction of sp³-hybridized carbons (Fsp3) is 0.0588. The number of anilines is 2. The summed E-state index contributed by atoms with van der Waals surface area (Å²) >= 11 is 13.3. The van der Waals surface area contributed by atoms with Gasteiger partial charge in [-0.3, -0.25) is 0 Å². The first-order chi connectivity index (χ1) is 11.6. The second kappa shape index (κ2) is 7.75. The van der Waals surface area contributed by atoms with Crippen LogP contribution in [0.1, 0.15) is 5.56 Å². The molecule has 7 heteroatoms. The molecular weight excluding hydrogens is 363 g/mol. The molecule has 3 aromatic rings. The van der Waals surface area contributed by atoms with Crippen molar-refractivity contribution in [1.29, 1.82) is 0 Å². The molecule has 1 aromatic heterocycles. The summed E-state index contributed by atoms with van der Waals surface area (Å²) in [5.74, 6) is 0.608. The Bertz CT molecular complexity index is 823. The molecule has 0 saturated heterocycles. The van der Waals surface area contributed by atoms with Gasteiger partial charge >= 0.3 is 0 Å². The van der Waals surface area contributed by atoms with E-state index >= 15 is 0 Å². The van der Waals surface area contributed by atoms with Gasteiger partial charge in [-0.1, -0.05) is 47.1 Å². The first-order valence-corrected chi connectivity index (χ1v) is 8.71. The fourth-order valence-electron chi connectivity index (χ4n) is 2.00. The van der Waals surface area contributed by atoms with E-state index in [4.69, 9.17) is 28.9 Å². The predicted molar refractivity (Wildman–Crippen MR) is 101 cm³/mol. The summed E-state index contributed by atoms with van der Waals surface area (Å²) in [5, 5.41) is 5.34. The molecule has 0 radical (unpaired) electrons. The molecule has 0 aliphatic rings. The molecule has 4 nitrogen and oxygen atoms in total. The van der Waals surface area contributed by atoms with Crippen molar-refractivity contribution in [2.24, 2.45) is 0 Å². The van der Waals surface area contributed by atoms with Crippen LogP contribution in [0, 0.1) is 0 Å². The lowest BCUT2D eigenvalue weighted by molar-refractivity contribution is 1.03. The highest BCUT2D eigenvalue weighted by Crippen LogP contribution is 2.33. The van der Waals surface area contributed by atoms with Crippen molar-refractivity contribution in [1.82, 2.24) is 9.97 Å². The number of nitrogens with zero attached hydrogens (tertiary/aromatic N) is 2. The van der Waals surface area contributed by atoms with E-state index in [9.17, 15) is 0 Å². The molecule has 0 atom stereocenters. The maximum absolute atomic E-state index is 6.19. The summed E-state index contributed by atoms with van der Waals surface area (Å²) in [6.07, 6.45) is 1.50. The minimum Gasteiger partial charge on any atom is -0.394 e. The van der Waals surface area contributed by atoms with Crippen LogP contribution in [0.2, 0.25) is 10.0 Å². The summed E-state index contributed by atoms with van der Waals surface area (Å²) in [6, 6.07) is 15.1. The molecule has 0 bridgehead atoms. The minimum absolute atomic E-state index is 0.520. The number of halogens is 2. The Kier molecular flexibility index (Phi) is 5.45. The summed E-state index contributed by atoms with van der Waals surface area (Å²) in [5.41, 5.74) is 7.80. The van der Waals surface area contributed by atoms with Gasteiger partial charge in [0, 0.05) is 21.5 Å². The van der Waals surface area contributed by atoms with E-state index in [1.54, 1.807) is 0 Å². The average molecular weight is 377 g/mol. The SMILES string of the molecule is Nc1c(NCc2ccc(Cl)cc2)ncnc1Sc1ccc(Cl)cc1. The number of nitrogens with two attached hydrogens (primary N) is 1. The number of rotatable bonds is 5. The zero-order chi connectivity index (χ0) is 16.9. The van der Waals surface area contributed by atoms with Crippen molar-refractivity contribution < 1.29 is 0 Å². The van der Waals surface area contributed by atoms with Crippen LogP contribution < -0.4 is 11.1 Å². The van der Waals surface area contributed by atoms with Crippen molar-refractivity contribution in [3.8, 4) is 0 Å². The zero-order valence-corrected chi connectivity index (χ0v) is 14.9. The van der Waals surface area contributed by atoms with E-state index in [2.05, 4.69) is 15.3 Å². The number of aromatic nitrogens is 2. The van der Waals surface area contributed by atoms with Crippen LogP contribution in [-0.4, -0.2) is 9.97 Å². The van der Waals surface area contributed by atoms with Crippen LogP contribution in [0.4, 0.5) is 11.5 Å². The Hall–Kier alpha value is -1.95. The van der Waals surface area contributed by atoms with Crippen molar-refractivity contribution in [3.05, 3.63) is 70.5 Å². The normalized spacial score (nSPS) is 10.6. The fourth-order valence-corrected chi connectivity index (χ4v) is 3.06. The van der Waals surface area contributed by atoms with Crippen LogP contribution in [-0.2, 0) is 6.54 Å². The van der Waals surface area contributed by atoms with Gasteiger partial charge in [0.05, 0.1) is 0 Å². The molecule has 0 aliphatic carbocycles. The van der Waals surface area contributed by atoms with Crippen molar-refractivity contribution in [2.75, 3.05) is 11.1 Å². The predicted octanol–water partition coefficient (Wildman–Crippen LogP) is 5.13. The zero-order valence-electron chi connectivity index (χ0n) is 12.5. The highest BCUT2D eigenvalue weighted by molar-refractivity contribution is 7.99. The smallest absolute Gasteiger partial charge is 0.154 e. The van der Waals surface area contributed by atoms with Gasteiger partial charge in [0.2, 0.25) is 0 Å². The maximum atomic E-state index is 6.19. The van der Waals surface area contributed by atoms with E-state index in [0.717, 1.165) is 10.5 Å². The topological polar surface area (TPSA) is 63.8 Å². The van der Waals surface area contributed by atoms with Gasteiger partial charge < -0.3 is 11.1 Å². The highest BCUT2D eigenvalue weighted by atomic mass is 35.5. The van der Waals surface area contributed by atoms with Gasteiger partial charge in [0.15, 0.2) is 5.82 Å². The first-order valence-electron chi connectivity index (χ1n) is 7.14. The maximum Gasteiger partial charge on any atom is 0.154 e. The lowest BCUT2D eigenvalue weighted by atomic mass is 10.2. The molecule has 1 heterocycles. The number of benzene rings is 2. The summed E-state index contributed by atoms with van der Waals surface area (Å²) in [6.45, 7) is 0.601. The van der Waals surface area contributed by atoms with E-state index in [-0.39, 0.29) is 0 Å². The minimum atomic E-state index is 0.520. The molecule has 0 amide bonds. The van der Waals surface area contributed by atoms with Crippen LogP contribution in [0.5, 0.6) is 0 Å². The molecule has 0 saturated carbocycles. The lowest BCUT2D eigenvalue weighted by Gasteiger charge is -2.11. The van der Waals surface area contributed by atoms with E-state index in [0.29, 0.717) is 33.1 Å². The van der Waals surface area contributed by atoms with E-state index < -0.39 is 0 Å². The van der Waals surface area contributed by atoms with Crippen LogP contribution in [0.15, 0.2) is 64.8 Å². The molecule has 24 heavy (non-hydrogen) atoms. The van der Waals surface area contributed by atoms with Crippen LogP contribution >= 0.6 is 35.0 Å². The van der Waals surface area contributed by atoms with Crippen LogP contribution in [0.25, 0.3) is 0 Å². The molecule has 3 rings (SSSR count). The van der Waals surface area contributed by atoms with Crippen molar-refractivity contribution in [3.63, 3.8) is 0 Å². The van der Waals surface area contributed by atoms with Crippen molar-refractivity contribution in [2.45, 2.75) is 16.5 Å². The molecule has 3 N–H and O–H groups in total. The van der Waals surface area contributed by atoms with Gasteiger partial charge in [0.1, 0.15) is 17.0 Å². The molecule has 122 valence electrons. The number of hydrogen-bond acceptors (Lipinski definition) is 5. The molecule has 0 spiro atoms. The number of nitrogen functional groups attached to an aromatic ring is 1.